The molecule has 0 saturated carbocycles. The van der Waals surface area contributed by atoms with Gasteiger partial charge in [0.25, 0.3) is 0 Å². The number of benzene rings is 1. The van der Waals surface area contributed by atoms with Gasteiger partial charge in [-0.05, 0) is 29.7 Å². The summed E-state index contributed by atoms with van der Waals surface area (Å²) >= 11 is 0. The van der Waals surface area contributed by atoms with E-state index in [4.69, 9.17) is 18.9 Å². The molecule has 3 aliphatic heterocycles. The molecule has 0 amide bonds. The van der Waals surface area contributed by atoms with Gasteiger partial charge in [0.05, 0.1) is 19.3 Å². The largest absolute Gasteiger partial charge is 0.454 e. The Morgan fingerprint density at radius 1 is 1.24 bits per heavy atom. The number of methoxy groups -OCH3 is 1. The van der Waals surface area contributed by atoms with E-state index in [-0.39, 0.29) is 24.9 Å². The summed E-state index contributed by atoms with van der Waals surface area (Å²) in [7, 11) is 1.66. The zero-order valence-corrected chi connectivity index (χ0v) is 14.3. The molecule has 0 aromatic heterocycles. The number of aliphatic hydroxyl groups excluding tert-OH is 1. The van der Waals surface area contributed by atoms with Crippen LogP contribution in [0.1, 0.15) is 23.5 Å². The maximum absolute atomic E-state index is 11.1. The summed E-state index contributed by atoms with van der Waals surface area (Å²) in [5.74, 6) is 1.60. The minimum Gasteiger partial charge on any atom is -0.454 e. The highest BCUT2D eigenvalue weighted by molar-refractivity contribution is 5.53. The van der Waals surface area contributed by atoms with Gasteiger partial charge in [0.1, 0.15) is 6.10 Å². The molecule has 134 valence electrons. The van der Waals surface area contributed by atoms with Crippen molar-refractivity contribution >= 4 is 0 Å². The molecule has 25 heavy (non-hydrogen) atoms. The first kappa shape index (κ1) is 15.6. The first-order valence-corrected chi connectivity index (χ1v) is 8.92. The van der Waals surface area contributed by atoms with E-state index in [0.717, 1.165) is 31.0 Å². The van der Waals surface area contributed by atoms with Crippen LogP contribution >= 0.6 is 0 Å². The smallest absolute Gasteiger partial charge is 0.231 e. The molecule has 0 spiro atoms. The molecular weight excluding hydrogens is 322 g/mol. The van der Waals surface area contributed by atoms with Crippen LogP contribution in [0.25, 0.3) is 0 Å². The van der Waals surface area contributed by atoms with Crippen molar-refractivity contribution in [1.82, 2.24) is 4.90 Å². The Kier molecular flexibility index (Phi) is 3.74. The Morgan fingerprint density at radius 2 is 2.08 bits per heavy atom. The van der Waals surface area contributed by atoms with E-state index in [9.17, 15) is 5.11 Å². The third-order valence-electron chi connectivity index (χ3n) is 5.85. The molecule has 3 heterocycles. The Bertz CT molecular complexity index is 718. The summed E-state index contributed by atoms with van der Waals surface area (Å²) in [6.07, 6.45) is 2.31. The lowest BCUT2D eigenvalue weighted by Crippen LogP contribution is -2.50. The number of hydrogen-bond donors (Lipinski definition) is 1. The molecule has 6 nitrogen and oxygen atoms in total. The number of hydrogen-bond acceptors (Lipinski definition) is 6. The van der Waals surface area contributed by atoms with Crippen LogP contribution in [-0.2, 0) is 16.0 Å². The van der Waals surface area contributed by atoms with Crippen LogP contribution in [0.5, 0.6) is 11.5 Å². The maximum atomic E-state index is 11.1. The average Bonchev–Trinajstić information content (AvgIpc) is 3.23. The van der Waals surface area contributed by atoms with Crippen molar-refractivity contribution in [1.29, 1.82) is 0 Å². The van der Waals surface area contributed by atoms with Crippen LogP contribution in [0.4, 0.5) is 0 Å². The first-order valence-electron chi connectivity index (χ1n) is 8.92. The van der Waals surface area contributed by atoms with Gasteiger partial charge in [-0.1, -0.05) is 11.6 Å². The zero-order valence-electron chi connectivity index (χ0n) is 14.3. The zero-order chi connectivity index (χ0) is 17.0. The predicted octanol–water partition coefficient (Wildman–Crippen LogP) is 1.42. The molecule has 4 atom stereocenters. The quantitative estimate of drug-likeness (QED) is 0.658. The molecule has 0 radical (unpaired) electrons. The fourth-order valence-corrected chi connectivity index (χ4v) is 4.75. The normalized spacial score (nSPS) is 32.3. The number of nitrogens with zero attached hydrogens (tertiary/aromatic N) is 1. The second-order valence-corrected chi connectivity index (χ2v) is 7.16. The lowest BCUT2D eigenvalue weighted by molar-refractivity contribution is -0.0536. The minimum atomic E-state index is -0.578. The molecule has 1 fully saturated rings. The fraction of sp³-hybridized carbons (Fsp3) is 0.579. The number of rotatable bonds is 4. The first-order chi connectivity index (χ1) is 12.3. The van der Waals surface area contributed by atoms with Gasteiger partial charge >= 0.3 is 0 Å². The van der Waals surface area contributed by atoms with E-state index < -0.39 is 6.10 Å². The molecule has 6 heteroatoms. The van der Waals surface area contributed by atoms with Crippen molar-refractivity contribution in [3.8, 4) is 11.5 Å². The standard InChI is InChI=1S/C19H23NO5/c1-22-4-5-23-16-6-11-2-3-20-9-12-7-14-15(25-10-24-14)8-13(12)17(18(11)20)19(16)21/h6-8,16-19,21H,2-5,9-10H2,1H3/t16-,17-,18+,19+/m0/s1. The summed E-state index contributed by atoms with van der Waals surface area (Å²) in [5.41, 5.74) is 3.79. The number of ether oxygens (including phenoxy) is 4. The molecule has 5 rings (SSSR count). The van der Waals surface area contributed by atoms with E-state index in [2.05, 4.69) is 23.1 Å². The van der Waals surface area contributed by atoms with Crippen LogP contribution in [0, 0.1) is 0 Å². The molecule has 1 aromatic rings. The van der Waals surface area contributed by atoms with Gasteiger partial charge in [0.2, 0.25) is 6.79 Å². The molecule has 0 unspecified atom stereocenters. The van der Waals surface area contributed by atoms with Crippen LogP contribution in [0.3, 0.4) is 0 Å². The van der Waals surface area contributed by atoms with Gasteiger partial charge in [-0.3, -0.25) is 4.90 Å². The van der Waals surface area contributed by atoms with Gasteiger partial charge in [-0.2, -0.15) is 0 Å². The van der Waals surface area contributed by atoms with Crippen LogP contribution in [-0.4, -0.2) is 61.9 Å². The van der Waals surface area contributed by atoms with E-state index in [0.29, 0.717) is 13.2 Å². The maximum Gasteiger partial charge on any atom is 0.231 e. The van der Waals surface area contributed by atoms with Gasteiger partial charge < -0.3 is 24.1 Å². The van der Waals surface area contributed by atoms with Crippen molar-refractivity contribution in [2.75, 3.05) is 33.7 Å². The molecule has 1 aromatic carbocycles. The van der Waals surface area contributed by atoms with Crippen LogP contribution in [0.2, 0.25) is 0 Å². The Morgan fingerprint density at radius 3 is 2.92 bits per heavy atom. The SMILES string of the molecule is COCCO[C@H]1C=C2CCN3Cc4cc5c(cc4[C@H]([C@@H]1O)[C@@H]23)OCO5. The highest BCUT2D eigenvalue weighted by atomic mass is 16.7. The Labute approximate surface area is 146 Å². The van der Waals surface area contributed by atoms with E-state index in [1.807, 2.05) is 0 Å². The Balaban J connectivity index is 1.53. The van der Waals surface area contributed by atoms with Gasteiger partial charge in [-0.25, -0.2) is 0 Å². The molecule has 0 bridgehead atoms. The van der Waals surface area contributed by atoms with E-state index in [1.54, 1.807) is 7.11 Å². The third-order valence-corrected chi connectivity index (χ3v) is 5.85. The fourth-order valence-electron chi connectivity index (χ4n) is 4.75. The monoisotopic (exact) mass is 345 g/mol. The highest BCUT2D eigenvalue weighted by Crippen LogP contribution is 2.49. The van der Waals surface area contributed by atoms with Gasteiger partial charge in [-0.15, -0.1) is 0 Å². The lowest BCUT2D eigenvalue weighted by Gasteiger charge is -2.45. The summed E-state index contributed by atoms with van der Waals surface area (Å²) in [5, 5.41) is 11.1. The predicted molar refractivity (Wildman–Crippen MR) is 89.8 cm³/mol. The average molecular weight is 345 g/mol. The van der Waals surface area contributed by atoms with Crippen molar-refractivity contribution in [2.24, 2.45) is 0 Å². The second kappa shape index (κ2) is 5.99. The number of fused-ring (bicyclic) bond motifs is 3. The van der Waals surface area contributed by atoms with Crippen LogP contribution < -0.4 is 9.47 Å². The van der Waals surface area contributed by atoms with Crippen molar-refractivity contribution in [3.05, 3.63) is 34.9 Å². The molecule has 1 saturated heterocycles. The Hall–Kier alpha value is -1.60. The second-order valence-electron chi connectivity index (χ2n) is 7.16. The molecule has 4 aliphatic rings. The molecule has 1 aliphatic carbocycles. The lowest BCUT2D eigenvalue weighted by atomic mass is 9.73. The molecular formula is C19H23NO5. The molecule has 1 N–H and O–H groups in total. The van der Waals surface area contributed by atoms with Crippen LogP contribution in [0.15, 0.2) is 23.8 Å². The topological polar surface area (TPSA) is 60.4 Å². The van der Waals surface area contributed by atoms with Gasteiger partial charge in [0, 0.05) is 32.2 Å². The third kappa shape index (κ3) is 2.39. The number of aliphatic hydroxyl groups is 1. The van der Waals surface area contributed by atoms with Crippen molar-refractivity contribution in [3.63, 3.8) is 0 Å². The van der Waals surface area contributed by atoms with E-state index >= 15 is 0 Å². The summed E-state index contributed by atoms with van der Waals surface area (Å²) in [4.78, 5) is 2.47. The van der Waals surface area contributed by atoms with E-state index in [1.165, 1.54) is 16.7 Å². The summed E-state index contributed by atoms with van der Waals surface area (Å²) in [6.45, 7) is 3.20. The summed E-state index contributed by atoms with van der Waals surface area (Å²) in [6, 6.07) is 4.42. The van der Waals surface area contributed by atoms with Gasteiger partial charge in [0.15, 0.2) is 11.5 Å². The summed E-state index contributed by atoms with van der Waals surface area (Å²) < 4.78 is 22.1. The van der Waals surface area contributed by atoms with Crippen molar-refractivity contribution in [2.45, 2.75) is 37.1 Å². The van der Waals surface area contributed by atoms with Crippen molar-refractivity contribution < 1.29 is 24.1 Å². The minimum absolute atomic E-state index is 0.00768. The highest BCUT2D eigenvalue weighted by Gasteiger charge is 2.49.